The van der Waals surface area contributed by atoms with Crippen molar-refractivity contribution in [3.05, 3.63) is 34.9 Å². The fourth-order valence-corrected chi connectivity index (χ4v) is 2.00. The molecule has 0 spiro atoms. The van der Waals surface area contributed by atoms with Crippen molar-refractivity contribution in [2.24, 2.45) is 5.92 Å². The van der Waals surface area contributed by atoms with Crippen LogP contribution in [0.1, 0.15) is 30.5 Å². The third-order valence-corrected chi connectivity index (χ3v) is 3.17. The van der Waals surface area contributed by atoms with Gasteiger partial charge in [0.15, 0.2) is 0 Å². The van der Waals surface area contributed by atoms with E-state index in [-0.39, 0.29) is 0 Å². The van der Waals surface area contributed by atoms with Gasteiger partial charge in [0.25, 0.3) is 0 Å². The number of nitrogens with one attached hydrogen (secondary N) is 1. The number of hydrogen-bond donors (Lipinski definition) is 1. The minimum atomic E-state index is 0.731. The summed E-state index contributed by atoms with van der Waals surface area (Å²) in [6, 6.07) is 6.70. The summed E-state index contributed by atoms with van der Waals surface area (Å²) in [6.45, 7) is 13.2. The molecule has 2 nitrogen and oxygen atoms in total. The molecule has 0 bridgehead atoms. The normalized spacial score (nSPS) is 11.5. The van der Waals surface area contributed by atoms with Gasteiger partial charge < -0.3 is 10.2 Å². The van der Waals surface area contributed by atoms with Gasteiger partial charge in [-0.25, -0.2) is 0 Å². The molecule has 1 aromatic carbocycles. The molecule has 0 radical (unpaired) electrons. The Kier molecular flexibility index (Phi) is 6.37. The van der Waals surface area contributed by atoms with Crippen LogP contribution in [0.25, 0.3) is 0 Å². The highest BCUT2D eigenvalue weighted by Gasteiger charge is 2.03. The Hall–Kier alpha value is -0.860. The van der Waals surface area contributed by atoms with Crippen molar-refractivity contribution in [1.82, 2.24) is 10.2 Å². The molecule has 0 heterocycles. The highest BCUT2D eigenvalue weighted by Crippen LogP contribution is 2.12. The van der Waals surface area contributed by atoms with E-state index in [1.165, 1.54) is 16.7 Å². The first kappa shape index (κ1) is 15.2. The predicted octanol–water partition coefficient (Wildman–Crippen LogP) is 2.98. The molecule has 0 aliphatic heterocycles. The first-order chi connectivity index (χ1) is 8.49. The summed E-state index contributed by atoms with van der Waals surface area (Å²) in [5.41, 5.74) is 4.19. The van der Waals surface area contributed by atoms with Crippen LogP contribution in [0.5, 0.6) is 0 Å². The van der Waals surface area contributed by atoms with Crippen LogP contribution < -0.4 is 5.32 Å². The van der Waals surface area contributed by atoms with Crippen molar-refractivity contribution in [3.8, 4) is 0 Å². The Balaban J connectivity index is 2.35. The fourth-order valence-electron chi connectivity index (χ4n) is 2.00. The van der Waals surface area contributed by atoms with E-state index in [1.54, 1.807) is 0 Å². The van der Waals surface area contributed by atoms with Crippen molar-refractivity contribution in [2.75, 3.05) is 26.7 Å². The quantitative estimate of drug-likeness (QED) is 0.746. The van der Waals surface area contributed by atoms with E-state index in [0.29, 0.717) is 0 Å². The Morgan fingerprint density at radius 2 is 1.94 bits per heavy atom. The van der Waals surface area contributed by atoms with Crippen LogP contribution in [-0.4, -0.2) is 31.6 Å². The highest BCUT2D eigenvalue weighted by molar-refractivity contribution is 5.30. The van der Waals surface area contributed by atoms with Gasteiger partial charge in [-0.3, -0.25) is 0 Å². The van der Waals surface area contributed by atoms with Gasteiger partial charge in [-0.05, 0) is 44.5 Å². The number of benzene rings is 1. The summed E-state index contributed by atoms with van der Waals surface area (Å²) in [5.74, 6) is 0.731. The molecule has 1 aromatic rings. The molecule has 0 fully saturated rings. The summed E-state index contributed by atoms with van der Waals surface area (Å²) in [4.78, 5) is 2.38. The molecule has 0 aromatic heterocycles. The molecule has 0 aliphatic carbocycles. The number of rotatable bonds is 7. The molecule has 0 saturated heterocycles. The maximum Gasteiger partial charge on any atom is 0.0233 e. The largest absolute Gasteiger partial charge is 0.315 e. The monoisotopic (exact) mass is 248 g/mol. The molecule has 0 atom stereocenters. The Morgan fingerprint density at radius 3 is 2.61 bits per heavy atom. The number of aryl methyl sites for hydroxylation is 2. The summed E-state index contributed by atoms with van der Waals surface area (Å²) in [7, 11) is 2.19. The smallest absolute Gasteiger partial charge is 0.0233 e. The number of likely N-dealkylation sites (N-methyl/N-ethyl adjacent to an activating group) is 1. The average molecular weight is 248 g/mol. The molecule has 1 rings (SSSR count). The standard InChI is InChI=1S/C16H28N2/c1-13(2)11-17-8-9-18(5)12-16-10-14(3)6-7-15(16)4/h6-7,10,13,17H,8-9,11-12H2,1-5H3. The maximum atomic E-state index is 3.49. The van der Waals surface area contributed by atoms with Crippen molar-refractivity contribution in [1.29, 1.82) is 0 Å². The van der Waals surface area contributed by atoms with Crippen molar-refractivity contribution in [3.63, 3.8) is 0 Å². The van der Waals surface area contributed by atoms with E-state index in [1.807, 2.05) is 0 Å². The zero-order valence-corrected chi connectivity index (χ0v) is 12.6. The molecule has 0 amide bonds. The van der Waals surface area contributed by atoms with Crippen LogP contribution in [-0.2, 0) is 6.54 Å². The average Bonchev–Trinajstić information content (AvgIpc) is 2.29. The molecule has 0 unspecified atom stereocenters. The molecular formula is C16H28N2. The number of nitrogens with zero attached hydrogens (tertiary/aromatic N) is 1. The predicted molar refractivity (Wildman–Crippen MR) is 80.0 cm³/mol. The van der Waals surface area contributed by atoms with E-state index in [2.05, 4.69) is 63.2 Å². The summed E-state index contributed by atoms with van der Waals surface area (Å²) < 4.78 is 0. The van der Waals surface area contributed by atoms with Crippen molar-refractivity contribution >= 4 is 0 Å². The first-order valence-corrected chi connectivity index (χ1v) is 6.94. The first-order valence-electron chi connectivity index (χ1n) is 6.94. The van der Waals surface area contributed by atoms with Crippen LogP contribution in [0.15, 0.2) is 18.2 Å². The van der Waals surface area contributed by atoms with Gasteiger partial charge in [0, 0.05) is 19.6 Å². The lowest BCUT2D eigenvalue weighted by Gasteiger charge is -2.19. The van der Waals surface area contributed by atoms with Crippen LogP contribution in [0.4, 0.5) is 0 Å². The van der Waals surface area contributed by atoms with Crippen LogP contribution in [0.3, 0.4) is 0 Å². The van der Waals surface area contributed by atoms with Gasteiger partial charge >= 0.3 is 0 Å². The SMILES string of the molecule is Cc1ccc(C)c(CN(C)CCNCC(C)C)c1. The Labute approximate surface area is 112 Å². The Bertz CT molecular complexity index is 358. The second-order valence-electron chi connectivity index (χ2n) is 5.77. The van der Waals surface area contributed by atoms with Gasteiger partial charge in [0.2, 0.25) is 0 Å². The van der Waals surface area contributed by atoms with Gasteiger partial charge in [-0.15, -0.1) is 0 Å². The topological polar surface area (TPSA) is 15.3 Å². The lowest BCUT2D eigenvalue weighted by Crippen LogP contribution is -2.31. The van der Waals surface area contributed by atoms with Gasteiger partial charge in [-0.1, -0.05) is 37.6 Å². The van der Waals surface area contributed by atoms with Crippen LogP contribution in [0.2, 0.25) is 0 Å². The minimum Gasteiger partial charge on any atom is -0.315 e. The lowest BCUT2D eigenvalue weighted by molar-refractivity contribution is 0.321. The van der Waals surface area contributed by atoms with E-state index < -0.39 is 0 Å². The van der Waals surface area contributed by atoms with E-state index in [4.69, 9.17) is 0 Å². The van der Waals surface area contributed by atoms with E-state index >= 15 is 0 Å². The number of hydrogen-bond acceptors (Lipinski definition) is 2. The van der Waals surface area contributed by atoms with Crippen molar-refractivity contribution in [2.45, 2.75) is 34.2 Å². The van der Waals surface area contributed by atoms with Crippen LogP contribution in [0, 0.1) is 19.8 Å². The molecule has 1 N–H and O–H groups in total. The molecule has 2 heteroatoms. The fraction of sp³-hybridized carbons (Fsp3) is 0.625. The third kappa shape index (κ3) is 5.65. The lowest BCUT2D eigenvalue weighted by atomic mass is 10.1. The molecule has 0 aliphatic rings. The molecule has 18 heavy (non-hydrogen) atoms. The van der Waals surface area contributed by atoms with Gasteiger partial charge in [0.1, 0.15) is 0 Å². The zero-order valence-electron chi connectivity index (χ0n) is 12.6. The molecule has 102 valence electrons. The maximum absolute atomic E-state index is 3.49. The molecular weight excluding hydrogens is 220 g/mol. The summed E-state index contributed by atoms with van der Waals surface area (Å²) in [5, 5.41) is 3.49. The van der Waals surface area contributed by atoms with E-state index in [0.717, 1.165) is 32.1 Å². The second-order valence-corrected chi connectivity index (χ2v) is 5.77. The summed E-state index contributed by atoms with van der Waals surface area (Å²) in [6.07, 6.45) is 0. The third-order valence-electron chi connectivity index (χ3n) is 3.17. The van der Waals surface area contributed by atoms with Gasteiger partial charge in [-0.2, -0.15) is 0 Å². The summed E-state index contributed by atoms with van der Waals surface area (Å²) >= 11 is 0. The minimum absolute atomic E-state index is 0.731. The van der Waals surface area contributed by atoms with E-state index in [9.17, 15) is 0 Å². The zero-order chi connectivity index (χ0) is 13.5. The highest BCUT2D eigenvalue weighted by atomic mass is 15.1. The van der Waals surface area contributed by atoms with Gasteiger partial charge in [0.05, 0.1) is 0 Å². The van der Waals surface area contributed by atoms with Crippen molar-refractivity contribution < 1.29 is 0 Å². The van der Waals surface area contributed by atoms with Crippen LogP contribution >= 0.6 is 0 Å². The second kappa shape index (κ2) is 7.55. The Morgan fingerprint density at radius 1 is 1.22 bits per heavy atom. The molecule has 0 saturated carbocycles.